The number of carbonyl (C=O) groups is 2. The number of aliphatic carboxylic acids is 2. The minimum atomic E-state index is -6.11. The second kappa shape index (κ2) is 32.4. The third-order valence-electron chi connectivity index (χ3n) is 9.16. The molecule has 0 spiro atoms. The molecular formula is C24H29N2Na7O34S5. The van der Waals surface area contributed by atoms with Crippen LogP contribution in [0.25, 0.3) is 0 Å². The first-order chi connectivity index (χ1) is 29.6. The van der Waals surface area contributed by atoms with Gasteiger partial charge in [0.2, 0.25) is 37.5 Å². The third-order valence-corrected chi connectivity index (χ3v) is 11.6. The Morgan fingerprint density at radius 3 is 1.57 bits per heavy atom. The number of aliphatic hydroxyl groups excluding tert-OH is 4. The quantitative estimate of drug-likeness (QED) is 0.0397. The summed E-state index contributed by atoms with van der Waals surface area (Å²) in [5.41, 5.74) is 0. The summed E-state index contributed by atoms with van der Waals surface area (Å²) in [5, 5.41) is 68.0. The van der Waals surface area contributed by atoms with Crippen LogP contribution in [0.4, 0.5) is 0 Å². The maximum absolute atomic E-state index is 12.5. The zero-order valence-corrected chi connectivity index (χ0v) is 56.0. The Balaban J connectivity index is -0.00000680. The molecule has 2 bridgehead atoms. The van der Waals surface area contributed by atoms with Gasteiger partial charge in [-0.3, -0.25) is 12.5 Å². The fourth-order valence-electron chi connectivity index (χ4n) is 6.71. The maximum Gasteiger partial charge on any atom is 1.00 e. The van der Waals surface area contributed by atoms with E-state index in [1.807, 2.05) is 0 Å². The molecule has 18 atom stereocenters. The molecule has 0 saturated carbocycles. The normalized spacial score (nSPS) is 35.7. The Bertz CT molecular complexity index is 2400. The van der Waals surface area contributed by atoms with Crippen LogP contribution in [-0.2, 0) is 112 Å². The zero-order chi connectivity index (χ0) is 48.9. The predicted octanol–water partition coefficient (Wildman–Crippen LogP) is -34.4. The first kappa shape index (κ1) is 80.6. The summed E-state index contributed by atoms with van der Waals surface area (Å²) in [7, 11) is -29.3. The molecule has 6 N–H and O–H groups in total. The van der Waals surface area contributed by atoms with Crippen molar-refractivity contribution in [2.45, 2.75) is 110 Å². The topological polar surface area (TPSA) is 573 Å². The van der Waals surface area contributed by atoms with Crippen molar-refractivity contribution < 1.29 is 362 Å². The van der Waals surface area contributed by atoms with Crippen molar-refractivity contribution in [1.29, 1.82) is 0 Å². The van der Waals surface area contributed by atoms with Gasteiger partial charge in [0.15, 0.2) is 51.7 Å². The van der Waals surface area contributed by atoms with Crippen LogP contribution in [0.15, 0.2) is 11.8 Å². The number of carboxylic acid groups (broad SMARTS) is 2. The van der Waals surface area contributed by atoms with Crippen LogP contribution in [0.5, 0.6) is 0 Å². The summed E-state index contributed by atoms with van der Waals surface area (Å²) < 4.78 is 231. The zero-order valence-electron chi connectivity index (χ0n) is 38.0. The Morgan fingerprint density at radius 1 is 0.597 bits per heavy atom. The van der Waals surface area contributed by atoms with Gasteiger partial charge >= 0.3 is 207 Å². The number of hydrogen-bond donors (Lipinski definition) is 6. The van der Waals surface area contributed by atoms with E-state index in [0.29, 0.717) is 0 Å². The van der Waals surface area contributed by atoms with Crippen LogP contribution in [0, 0.1) is 0 Å². The molecule has 5 aliphatic heterocycles. The smallest absolute Gasteiger partial charge is 0.735 e. The van der Waals surface area contributed by atoms with Crippen molar-refractivity contribution in [3.8, 4) is 0 Å². The monoisotopic (exact) mass is 1210 g/mol. The van der Waals surface area contributed by atoms with E-state index in [-0.39, 0.29) is 213 Å². The molecule has 0 radical (unpaired) electrons. The summed E-state index contributed by atoms with van der Waals surface area (Å²) in [5.74, 6) is -6.23. The maximum atomic E-state index is 12.5. The largest absolute Gasteiger partial charge is 1.00 e. The van der Waals surface area contributed by atoms with Crippen LogP contribution >= 0.6 is 0 Å². The van der Waals surface area contributed by atoms with E-state index in [1.165, 1.54) is 4.72 Å². The number of nitrogens with one attached hydrogen (secondary N) is 2. The number of aliphatic hydroxyl groups is 4. The van der Waals surface area contributed by atoms with E-state index in [2.05, 4.69) is 12.5 Å². The molecular weight excluding hydrogens is 1180 g/mol. The third kappa shape index (κ3) is 23.2. The number of rotatable bonds is 19. The van der Waals surface area contributed by atoms with Crippen LogP contribution in [0.3, 0.4) is 0 Å². The fourth-order valence-corrected chi connectivity index (χ4v) is 9.13. The van der Waals surface area contributed by atoms with Crippen LogP contribution < -0.4 is 227 Å². The predicted molar refractivity (Wildman–Crippen MR) is 172 cm³/mol. The molecule has 0 aliphatic carbocycles. The van der Waals surface area contributed by atoms with E-state index >= 15 is 0 Å². The van der Waals surface area contributed by atoms with E-state index in [0.717, 1.165) is 4.72 Å². The van der Waals surface area contributed by atoms with Crippen molar-refractivity contribution in [1.82, 2.24) is 9.44 Å². The summed E-state index contributed by atoms with van der Waals surface area (Å²) in [6.45, 7) is -2.37. The number of carbonyl (C=O) groups excluding carboxylic acids is 2. The molecule has 5 rings (SSSR count). The van der Waals surface area contributed by atoms with Gasteiger partial charge in [-0.2, -0.15) is 0 Å². The summed E-state index contributed by atoms with van der Waals surface area (Å²) in [6.07, 6.45) is -41.1. The van der Waals surface area contributed by atoms with Gasteiger partial charge in [-0.1, -0.05) is 0 Å². The summed E-state index contributed by atoms with van der Waals surface area (Å²) in [6, 6.07) is -4.86. The molecule has 4 saturated heterocycles. The van der Waals surface area contributed by atoms with E-state index < -0.39 is 193 Å². The molecule has 36 nitrogen and oxygen atoms in total. The molecule has 0 amide bonds. The molecule has 5 aliphatic rings. The van der Waals surface area contributed by atoms with Crippen LogP contribution in [-0.4, -0.2) is 221 Å². The molecule has 4 fully saturated rings. The van der Waals surface area contributed by atoms with Gasteiger partial charge in [-0.15, -0.1) is 0 Å². The average Bonchev–Trinajstić information content (AvgIpc) is 3.58. The van der Waals surface area contributed by atoms with Gasteiger partial charge in [0.05, 0.1) is 19.2 Å². The average molecular weight is 1210 g/mol. The van der Waals surface area contributed by atoms with Crippen LogP contribution in [0.2, 0.25) is 0 Å². The van der Waals surface area contributed by atoms with Gasteiger partial charge in [0.1, 0.15) is 84.9 Å². The molecule has 5 heterocycles. The van der Waals surface area contributed by atoms with Crippen LogP contribution in [0.1, 0.15) is 0 Å². The number of ether oxygens (including phenoxy) is 8. The molecule has 0 unspecified atom stereocenters. The summed E-state index contributed by atoms with van der Waals surface area (Å²) >= 11 is 0. The van der Waals surface area contributed by atoms with Crippen molar-refractivity contribution >= 4 is 63.7 Å². The Hall–Kier alpha value is 4.39. The van der Waals surface area contributed by atoms with Crippen molar-refractivity contribution in [3.05, 3.63) is 11.8 Å². The van der Waals surface area contributed by atoms with E-state index in [4.69, 9.17) is 37.9 Å². The first-order valence-corrected chi connectivity index (χ1v) is 23.8. The van der Waals surface area contributed by atoms with E-state index in [1.54, 1.807) is 0 Å². The Kier molecular flexibility index (Phi) is 36.3. The van der Waals surface area contributed by atoms with Gasteiger partial charge < -0.3 is 101 Å². The minimum Gasteiger partial charge on any atom is -0.735 e. The molecule has 376 valence electrons. The number of carboxylic acids is 2. The molecule has 0 aromatic rings. The van der Waals surface area contributed by atoms with Crippen molar-refractivity contribution in [3.63, 3.8) is 0 Å². The van der Waals surface area contributed by atoms with Gasteiger partial charge in [0, 0.05) is 0 Å². The van der Waals surface area contributed by atoms with Gasteiger partial charge in [0.25, 0.3) is 0 Å². The van der Waals surface area contributed by atoms with Crippen molar-refractivity contribution in [2.24, 2.45) is 0 Å². The number of fused-ring (bicyclic) bond motifs is 2. The Morgan fingerprint density at radius 2 is 1.08 bits per heavy atom. The standard InChI is InChI=1S/C24H36N2O34S5.7Na/c27-4-1-5(19(31)32)52-23(13(4)59-64(44,45)46)55-15-7(3-51-63(41,42)43)54-22(9(11(15)29)26-62(38,39)40)57-16-12(30)17(60-65(47,48)49)24(58-18(16)20(33)34)56-14-6-2-50-21(53-6)8(10(14)28)25-61(35,36)37;;;;;;;/h1,4,6-18,21-30H,2-3H2,(H,31,32)(H,33,34)(H,35,36,37)(H,38,39,40)(H,41,42,43)(H,44,45,46)(H,47,48,49);;;;;;;/q;7*+1/p-7/t4-,6+,7+,8-,9+,10+,11+,12-,13+,14+,15+,16-,17+,18+,21+,22+,23-,24+;;;;;;;/m0......./s1. The summed E-state index contributed by atoms with van der Waals surface area (Å²) in [4.78, 5) is 24.0. The molecule has 72 heavy (non-hydrogen) atoms. The molecule has 48 heteroatoms. The van der Waals surface area contributed by atoms with Gasteiger partial charge in [-0.05, 0) is 6.08 Å². The molecule has 0 aromatic heterocycles. The first-order valence-electron chi connectivity index (χ1n) is 17.0. The van der Waals surface area contributed by atoms with Gasteiger partial charge in [-0.25, -0.2) is 51.5 Å². The fraction of sp³-hybridized carbons (Fsp3) is 0.833. The SMILES string of the molecule is O=C([O-])C1=C[C@H](O)[C@@H](OS(=O)(=O)[O-])[C@H](O[C@H]2[C@H](O)[C@@H](NS(=O)(=O)[O-])[C@@H](O[C@H]3[C@H](O)[C@@H](OS(=O)(=O)[O-])[C@H](O[C@H]4[C@H](O)[C@H](NS(=O)(=O)[O-])[C@@H]5OC[C@H]4O5)O[C@H]3C(=O)[O-])O[C@@H]2COS(=O)(=O)[O-])O1.[Na+].[Na+].[Na+].[Na+].[Na+].[Na+].[Na+]. The second-order valence-corrected chi connectivity index (χ2v) is 18.9. The van der Waals surface area contributed by atoms with Crippen molar-refractivity contribution in [2.75, 3.05) is 13.2 Å². The second-order valence-electron chi connectivity index (χ2n) is 13.6. The number of hydrogen-bond acceptors (Lipinski definition) is 34. The molecule has 0 aromatic carbocycles. The minimum absolute atomic E-state index is 0. The Labute approximate surface area is 562 Å². The van der Waals surface area contributed by atoms with E-state index in [9.17, 15) is 105 Å².